The minimum absolute atomic E-state index is 0.275. The maximum atomic E-state index is 5.94. The Bertz CT molecular complexity index is 347. The monoisotopic (exact) mass is 461 g/mol. The van der Waals surface area contributed by atoms with Crippen molar-refractivity contribution in [3.63, 3.8) is 0 Å². The minimum Gasteiger partial charge on any atom is -0.316 e. The molecule has 31 heavy (non-hydrogen) atoms. The largest absolute Gasteiger partial charge is 0.332 e. The SMILES string of the molecule is CC.CCCCCCCCCCCCCCCCCCOP(OC)OC1CCN(C)C1. The Kier molecular flexibility index (Phi) is 25.1. The average molecular weight is 462 g/mol. The third-order valence-electron chi connectivity index (χ3n) is 5.93. The van der Waals surface area contributed by atoms with Gasteiger partial charge < -0.3 is 18.5 Å². The highest BCUT2D eigenvalue weighted by molar-refractivity contribution is 7.41. The van der Waals surface area contributed by atoms with Gasteiger partial charge in [0.25, 0.3) is 0 Å². The summed E-state index contributed by atoms with van der Waals surface area (Å²) < 4.78 is 17.1. The van der Waals surface area contributed by atoms with Crippen LogP contribution in [0.4, 0.5) is 0 Å². The molecular formula is C26H56NO3P. The molecule has 0 spiro atoms. The van der Waals surface area contributed by atoms with Gasteiger partial charge in [-0.1, -0.05) is 117 Å². The summed E-state index contributed by atoms with van der Waals surface area (Å²) in [6, 6.07) is 0. The van der Waals surface area contributed by atoms with Gasteiger partial charge >= 0.3 is 8.60 Å². The Labute approximate surface area is 197 Å². The Hall–Kier alpha value is 0.270. The highest BCUT2D eigenvalue weighted by atomic mass is 31.2. The molecule has 0 N–H and O–H groups in total. The van der Waals surface area contributed by atoms with E-state index < -0.39 is 8.60 Å². The summed E-state index contributed by atoms with van der Waals surface area (Å²) in [4.78, 5) is 2.30. The number of likely N-dealkylation sites (N-methyl/N-ethyl adjacent to an activating group) is 1. The fourth-order valence-electron chi connectivity index (χ4n) is 4.02. The molecule has 2 unspecified atom stereocenters. The Morgan fingerprint density at radius 3 is 1.58 bits per heavy atom. The fraction of sp³-hybridized carbons (Fsp3) is 1.00. The first-order valence-corrected chi connectivity index (χ1v) is 14.7. The van der Waals surface area contributed by atoms with Crippen molar-refractivity contribution in [2.45, 2.75) is 136 Å². The first-order chi connectivity index (χ1) is 15.3. The van der Waals surface area contributed by atoms with Crippen molar-refractivity contribution in [1.29, 1.82) is 0 Å². The molecule has 0 aromatic rings. The van der Waals surface area contributed by atoms with Crippen LogP contribution in [0.5, 0.6) is 0 Å². The van der Waals surface area contributed by atoms with Crippen molar-refractivity contribution in [3.8, 4) is 0 Å². The van der Waals surface area contributed by atoms with Crippen LogP contribution in [0.15, 0.2) is 0 Å². The number of hydrogen-bond acceptors (Lipinski definition) is 4. The maximum absolute atomic E-state index is 5.94. The number of rotatable bonds is 21. The molecule has 0 saturated carbocycles. The molecule has 1 rings (SSSR count). The fourth-order valence-corrected chi connectivity index (χ4v) is 4.96. The molecule has 1 aliphatic heterocycles. The minimum atomic E-state index is -1.16. The smallest absolute Gasteiger partial charge is 0.316 e. The normalized spacial score (nSPS) is 17.5. The Balaban J connectivity index is 0.00000436. The van der Waals surface area contributed by atoms with Crippen molar-refractivity contribution in [2.75, 3.05) is 33.9 Å². The van der Waals surface area contributed by atoms with Crippen molar-refractivity contribution in [3.05, 3.63) is 0 Å². The quantitative estimate of drug-likeness (QED) is 0.126. The second-order valence-corrected chi connectivity index (χ2v) is 10.1. The van der Waals surface area contributed by atoms with Crippen LogP contribution >= 0.6 is 8.60 Å². The van der Waals surface area contributed by atoms with Crippen LogP contribution < -0.4 is 0 Å². The van der Waals surface area contributed by atoms with Crippen molar-refractivity contribution in [2.24, 2.45) is 0 Å². The molecule has 0 amide bonds. The van der Waals surface area contributed by atoms with Gasteiger partial charge in [-0.25, -0.2) is 0 Å². The second-order valence-electron chi connectivity index (χ2n) is 8.82. The predicted molar refractivity (Wildman–Crippen MR) is 138 cm³/mol. The van der Waals surface area contributed by atoms with Crippen LogP contribution in [0.3, 0.4) is 0 Å². The van der Waals surface area contributed by atoms with Crippen LogP contribution in [-0.4, -0.2) is 44.9 Å². The topological polar surface area (TPSA) is 30.9 Å². The van der Waals surface area contributed by atoms with Gasteiger partial charge in [0.1, 0.15) is 0 Å². The Morgan fingerprint density at radius 2 is 1.19 bits per heavy atom. The van der Waals surface area contributed by atoms with E-state index in [2.05, 4.69) is 18.9 Å². The van der Waals surface area contributed by atoms with E-state index in [1.54, 1.807) is 7.11 Å². The van der Waals surface area contributed by atoms with E-state index in [0.717, 1.165) is 32.5 Å². The van der Waals surface area contributed by atoms with Gasteiger partial charge in [-0.3, -0.25) is 0 Å². The number of nitrogens with zero attached hydrogens (tertiary/aromatic N) is 1. The van der Waals surface area contributed by atoms with Gasteiger partial charge in [-0.15, -0.1) is 0 Å². The Morgan fingerprint density at radius 1 is 0.742 bits per heavy atom. The summed E-state index contributed by atoms with van der Waals surface area (Å²) in [5.74, 6) is 0. The molecule has 4 nitrogen and oxygen atoms in total. The van der Waals surface area contributed by atoms with Crippen LogP contribution in [0.25, 0.3) is 0 Å². The van der Waals surface area contributed by atoms with E-state index in [-0.39, 0.29) is 6.10 Å². The molecule has 2 atom stereocenters. The highest BCUT2D eigenvalue weighted by Crippen LogP contribution is 2.41. The lowest BCUT2D eigenvalue weighted by Crippen LogP contribution is -2.18. The molecule has 0 aromatic heterocycles. The van der Waals surface area contributed by atoms with Gasteiger partial charge in [0.05, 0.1) is 12.7 Å². The summed E-state index contributed by atoms with van der Waals surface area (Å²) in [6.45, 7) is 9.15. The van der Waals surface area contributed by atoms with Gasteiger partial charge in [-0.2, -0.15) is 0 Å². The summed E-state index contributed by atoms with van der Waals surface area (Å²) >= 11 is 0. The number of likely N-dealkylation sites (tertiary alicyclic amines) is 1. The highest BCUT2D eigenvalue weighted by Gasteiger charge is 2.24. The van der Waals surface area contributed by atoms with Crippen molar-refractivity contribution >= 4 is 8.60 Å². The third-order valence-corrected chi connectivity index (χ3v) is 7.09. The predicted octanol–water partition coefficient (Wildman–Crippen LogP) is 8.88. The van der Waals surface area contributed by atoms with Crippen LogP contribution in [0.2, 0.25) is 0 Å². The van der Waals surface area contributed by atoms with Crippen molar-refractivity contribution < 1.29 is 13.6 Å². The molecule has 1 saturated heterocycles. The van der Waals surface area contributed by atoms with E-state index >= 15 is 0 Å². The molecular weight excluding hydrogens is 405 g/mol. The summed E-state index contributed by atoms with van der Waals surface area (Å²) in [7, 11) is 2.67. The molecule has 188 valence electrons. The second kappa shape index (κ2) is 24.9. The van der Waals surface area contributed by atoms with Gasteiger partial charge in [0, 0.05) is 20.2 Å². The number of unbranched alkanes of at least 4 members (excludes halogenated alkanes) is 15. The van der Waals surface area contributed by atoms with E-state index in [1.165, 1.54) is 96.3 Å². The van der Waals surface area contributed by atoms with E-state index in [4.69, 9.17) is 13.6 Å². The maximum Gasteiger partial charge on any atom is 0.332 e. The molecule has 1 fully saturated rings. The standard InChI is InChI=1S/C24H50NO3P.C2H6/c1-4-5-6-7-8-9-10-11-12-13-14-15-16-17-18-19-22-27-29(26-3)28-24-20-21-25(2)23-24;1-2/h24H,4-23H2,1-3H3;1-2H3. The molecule has 0 bridgehead atoms. The molecule has 5 heteroatoms. The first kappa shape index (κ1) is 31.3. The molecule has 0 aliphatic carbocycles. The van der Waals surface area contributed by atoms with Gasteiger partial charge in [0.2, 0.25) is 0 Å². The zero-order valence-corrected chi connectivity index (χ0v) is 22.7. The lowest BCUT2D eigenvalue weighted by atomic mass is 10.0. The zero-order valence-electron chi connectivity index (χ0n) is 21.8. The number of hydrogen-bond donors (Lipinski definition) is 0. The van der Waals surface area contributed by atoms with Crippen LogP contribution in [0, 0.1) is 0 Å². The van der Waals surface area contributed by atoms with Gasteiger partial charge in [-0.05, 0) is 19.9 Å². The summed E-state index contributed by atoms with van der Waals surface area (Å²) in [5, 5.41) is 0. The lowest BCUT2D eigenvalue weighted by Gasteiger charge is -2.18. The summed E-state index contributed by atoms with van der Waals surface area (Å²) in [6.07, 6.45) is 23.7. The molecule has 1 heterocycles. The molecule has 1 aliphatic rings. The zero-order chi connectivity index (χ0) is 23.0. The lowest BCUT2D eigenvalue weighted by molar-refractivity contribution is 0.133. The van der Waals surface area contributed by atoms with Crippen LogP contribution in [0.1, 0.15) is 130 Å². The average Bonchev–Trinajstić information content (AvgIpc) is 3.21. The summed E-state index contributed by atoms with van der Waals surface area (Å²) in [5.41, 5.74) is 0. The van der Waals surface area contributed by atoms with E-state index in [0.29, 0.717) is 0 Å². The van der Waals surface area contributed by atoms with Crippen molar-refractivity contribution in [1.82, 2.24) is 4.90 Å². The molecule has 0 aromatic carbocycles. The van der Waals surface area contributed by atoms with Crippen LogP contribution in [-0.2, 0) is 13.6 Å². The molecule has 0 radical (unpaired) electrons. The van der Waals surface area contributed by atoms with E-state index in [1.807, 2.05) is 13.8 Å². The first-order valence-electron chi connectivity index (χ1n) is 13.6. The van der Waals surface area contributed by atoms with Gasteiger partial charge in [0.15, 0.2) is 0 Å². The van der Waals surface area contributed by atoms with E-state index in [9.17, 15) is 0 Å². The third kappa shape index (κ3) is 20.6.